The summed E-state index contributed by atoms with van der Waals surface area (Å²) in [6.45, 7) is 6.90. The monoisotopic (exact) mass is 181 g/mol. The number of nitrogens with zero attached hydrogens (tertiary/aromatic N) is 1. The third-order valence-corrected chi connectivity index (χ3v) is 6.10. The van der Waals surface area contributed by atoms with E-state index in [1.165, 1.54) is 18.2 Å². The molecule has 0 spiro atoms. The predicted octanol–water partition coefficient (Wildman–Crippen LogP) is 3.12. The molecule has 1 rings (SSSR count). The van der Waals surface area contributed by atoms with Gasteiger partial charge >= 0.3 is 0 Å². The summed E-state index contributed by atoms with van der Waals surface area (Å²) in [5.74, 6) is 0. The van der Waals surface area contributed by atoms with Crippen LogP contribution in [0.1, 0.15) is 26.7 Å². The second kappa shape index (κ2) is 3.58. The summed E-state index contributed by atoms with van der Waals surface area (Å²) in [5, 5.41) is 8.93. The van der Waals surface area contributed by atoms with E-state index >= 15 is 0 Å². The van der Waals surface area contributed by atoms with Gasteiger partial charge in [-0.2, -0.15) is 5.26 Å². The smallest absolute Gasteiger partial charge is 0.0911 e. The van der Waals surface area contributed by atoms with Crippen molar-refractivity contribution in [2.45, 2.75) is 31.8 Å². The Bertz CT molecular complexity index is 235. The fourth-order valence-corrected chi connectivity index (χ4v) is 3.52. The van der Waals surface area contributed by atoms with Crippen LogP contribution in [-0.2, 0) is 0 Å². The maximum absolute atomic E-state index is 8.62. The van der Waals surface area contributed by atoms with E-state index in [1.54, 1.807) is 6.08 Å². The molecule has 0 bridgehead atoms. The predicted molar refractivity (Wildman–Crippen MR) is 54.7 cm³/mol. The van der Waals surface area contributed by atoms with Gasteiger partial charge in [-0.05, 0) is 31.2 Å². The second-order valence-electron chi connectivity index (χ2n) is 3.88. The van der Waals surface area contributed by atoms with Crippen LogP contribution in [0.3, 0.4) is 0 Å². The van der Waals surface area contributed by atoms with E-state index in [9.17, 15) is 0 Å². The van der Waals surface area contributed by atoms with Crippen molar-refractivity contribution in [2.75, 3.05) is 12.8 Å². The van der Waals surface area contributed by atoms with E-state index < -0.39 is 0 Å². The van der Waals surface area contributed by atoms with E-state index in [1.807, 2.05) is 0 Å². The van der Waals surface area contributed by atoms with Gasteiger partial charge in [0.2, 0.25) is 0 Å². The minimum Gasteiger partial charge on any atom is -0.193 e. The van der Waals surface area contributed by atoms with Gasteiger partial charge in [-0.25, -0.2) is 0 Å². The molecule has 1 aliphatic rings. The van der Waals surface area contributed by atoms with Gasteiger partial charge < -0.3 is 0 Å². The van der Waals surface area contributed by atoms with Crippen LogP contribution in [0.5, 0.6) is 0 Å². The van der Waals surface area contributed by atoms with Crippen LogP contribution in [0.4, 0.5) is 0 Å². The lowest BCUT2D eigenvalue weighted by Gasteiger charge is -2.39. The highest BCUT2D eigenvalue weighted by atomic mass is 31.1. The number of rotatable bonds is 0. The van der Waals surface area contributed by atoms with Crippen LogP contribution < -0.4 is 0 Å². The number of hydrogen-bond acceptors (Lipinski definition) is 1. The Hall–Kier alpha value is -0.340. The summed E-state index contributed by atoms with van der Waals surface area (Å²) in [5.41, 5.74) is 1.37. The number of hydrogen-bond donors (Lipinski definition) is 0. The second-order valence-corrected chi connectivity index (χ2v) is 6.84. The fraction of sp³-hybridized carbons (Fsp3) is 0.700. The largest absolute Gasteiger partial charge is 0.193 e. The maximum atomic E-state index is 8.62. The highest BCUT2D eigenvalue weighted by molar-refractivity contribution is 7.58. The SMILES string of the molecule is CP1CCCC(=CC#N)C1(C)C. The van der Waals surface area contributed by atoms with E-state index in [0.29, 0.717) is 5.16 Å². The molecule has 1 aliphatic heterocycles. The van der Waals surface area contributed by atoms with Crippen molar-refractivity contribution in [2.24, 2.45) is 0 Å². The zero-order chi connectivity index (χ0) is 9.19. The van der Waals surface area contributed by atoms with E-state index in [2.05, 4.69) is 26.6 Å². The summed E-state index contributed by atoms with van der Waals surface area (Å²) < 4.78 is 0. The molecule has 66 valence electrons. The molecule has 0 amide bonds. The lowest BCUT2D eigenvalue weighted by Crippen LogP contribution is -2.25. The molecule has 0 radical (unpaired) electrons. The van der Waals surface area contributed by atoms with Crippen molar-refractivity contribution in [3.8, 4) is 6.07 Å². The highest BCUT2D eigenvalue weighted by Gasteiger charge is 2.32. The van der Waals surface area contributed by atoms with E-state index in [-0.39, 0.29) is 7.92 Å². The Kier molecular flexibility index (Phi) is 2.91. The van der Waals surface area contributed by atoms with Crippen molar-refractivity contribution in [3.63, 3.8) is 0 Å². The maximum Gasteiger partial charge on any atom is 0.0911 e. The third-order valence-electron chi connectivity index (χ3n) is 2.92. The first-order chi connectivity index (χ1) is 5.59. The topological polar surface area (TPSA) is 23.8 Å². The van der Waals surface area contributed by atoms with Crippen LogP contribution in [0.15, 0.2) is 11.6 Å². The fourth-order valence-electron chi connectivity index (χ4n) is 1.66. The third kappa shape index (κ3) is 1.70. The lowest BCUT2D eigenvalue weighted by atomic mass is 9.97. The minimum atomic E-state index is 0.0948. The zero-order valence-electron chi connectivity index (χ0n) is 8.09. The summed E-state index contributed by atoms with van der Waals surface area (Å²) in [6, 6.07) is 2.16. The van der Waals surface area contributed by atoms with Gasteiger partial charge in [-0.15, -0.1) is 0 Å². The first-order valence-electron chi connectivity index (χ1n) is 4.39. The summed E-state index contributed by atoms with van der Waals surface area (Å²) in [6.07, 6.45) is 5.54. The van der Waals surface area contributed by atoms with Crippen LogP contribution in [0.25, 0.3) is 0 Å². The molecular weight excluding hydrogens is 165 g/mol. The van der Waals surface area contributed by atoms with Crippen molar-refractivity contribution in [1.82, 2.24) is 0 Å². The van der Waals surface area contributed by atoms with Gasteiger partial charge in [0.1, 0.15) is 0 Å². The van der Waals surface area contributed by atoms with Crippen molar-refractivity contribution < 1.29 is 0 Å². The van der Waals surface area contributed by atoms with Gasteiger partial charge in [0.15, 0.2) is 0 Å². The summed E-state index contributed by atoms with van der Waals surface area (Å²) >= 11 is 0. The Labute approximate surface area is 76.2 Å². The number of allylic oxidation sites excluding steroid dienone is 2. The molecule has 1 unspecified atom stereocenters. The highest BCUT2D eigenvalue weighted by Crippen LogP contribution is 2.55. The molecule has 1 atom stereocenters. The van der Waals surface area contributed by atoms with E-state index in [0.717, 1.165) is 6.42 Å². The number of nitriles is 1. The van der Waals surface area contributed by atoms with Gasteiger partial charge in [0, 0.05) is 11.2 Å². The van der Waals surface area contributed by atoms with Crippen LogP contribution in [-0.4, -0.2) is 18.0 Å². The molecule has 1 heterocycles. The standard InChI is InChI=1S/C10H16NP/c1-10(2)9(6-7-11)5-4-8-12(10)3/h6H,4-5,8H2,1-3H3. The molecule has 1 nitrogen and oxygen atoms in total. The van der Waals surface area contributed by atoms with Gasteiger partial charge in [-0.3, -0.25) is 0 Å². The molecule has 0 aromatic heterocycles. The molecule has 12 heavy (non-hydrogen) atoms. The van der Waals surface area contributed by atoms with Crippen molar-refractivity contribution in [1.29, 1.82) is 5.26 Å². The molecule has 0 aromatic rings. The average molecular weight is 181 g/mol. The molecule has 1 fully saturated rings. The normalized spacial score (nSPS) is 31.5. The van der Waals surface area contributed by atoms with Crippen molar-refractivity contribution >= 4 is 7.92 Å². The Morgan fingerprint density at radius 2 is 2.25 bits per heavy atom. The molecule has 0 aromatic carbocycles. The Morgan fingerprint density at radius 3 is 2.83 bits per heavy atom. The quantitative estimate of drug-likeness (QED) is 0.416. The minimum absolute atomic E-state index is 0.0948. The van der Waals surface area contributed by atoms with Crippen molar-refractivity contribution in [3.05, 3.63) is 11.6 Å². The Balaban J connectivity index is 2.88. The molecule has 0 aliphatic carbocycles. The van der Waals surface area contributed by atoms with Gasteiger partial charge in [-0.1, -0.05) is 21.8 Å². The molecule has 0 saturated carbocycles. The van der Waals surface area contributed by atoms with Crippen LogP contribution in [0, 0.1) is 11.3 Å². The zero-order valence-corrected chi connectivity index (χ0v) is 8.99. The van der Waals surface area contributed by atoms with Crippen LogP contribution in [0.2, 0.25) is 0 Å². The first-order valence-corrected chi connectivity index (χ1v) is 6.37. The molecule has 1 saturated heterocycles. The molecule has 0 N–H and O–H groups in total. The lowest BCUT2D eigenvalue weighted by molar-refractivity contribution is 0.705. The average Bonchev–Trinajstić information content (AvgIpc) is 2.00. The van der Waals surface area contributed by atoms with Gasteiger partial charge in [0.05, 0.1) is 6.07 Å². The van der Waals surface area contributed by atoms with Crippen LogP contribution >= 0.6 is 7.92 Å². The molecule has 2 heteroatoms. The van der Waals surface area contributed by atoms with E-state index in [4.69, 9.17) is 5.26 Å². The first kappa shape index (κ1) is 9.75. The Morgan fingerprint density at radius 1 is 1.58 bits per heavy atom. The summed E-state index contributed by atoms with van der Waals surface area (Å²) in [4.78, 5) is 0. The summed E-state index contributed by atoms with van der Waals surface area (Å²) in [7, 11) is 0.0948. The van der Waals surface area contributed by atoms with Gasteiger partial charge in [0.25, 0.3) is 0 Å². The molecular formula is C10H16NP.